The van der Waals surface area contributed by atoms with E-state index in [1.807, 2.05) is 6.26 Å². The summed E-state index contributed by atoms with van der Waals surface area (Å²) in [6, 6.07) is 0.503. The molecule has 2 rings (SSSR count). The summed E-state index contributed by atoms with van der Waals surface area (Å²) in [5.74, 6) is 0. The van der Waals surface area contributed by atoms with Crippen LogP contribution in [0, 0.1) is 0 Å². The molecule has 1 fully saturated rings. The summed E-state index contributed by atoms with van der Waals surface area (Å²) in [5, 5.41) is 3.41. The van der Waals surface area contributed by atoms with Gasteiger partial charge in [0.05, 0.1) is 10.7 Å². The summed E-state index contributed by atoms with van der Waals surface area (Å²) in [4.78, 5) is 0. The third kappa shape index (κ3) is 1.35. The zero-order valence-electron chi connectivity index (χ0n) is 6.14. The Labute approximate surface area is 74.1 Å². The van der Waals surface area contributed by atoms with Crippen LogP contribution in [-0.4, -0.2) is 6.54 Å². The maximum Gasteiger partial charge on any atom is 0.105 e. The first kappa shape index (κ1) is 7.37. The lowest BCUT2D eigenvalue weighted by Crippen LogP contribution is -2.12. The van der Waals surface area contributed by atoms with Crippen molar-refractivity contribution in [1.82, 2.24) is 5.32 Å². The lowest BCUT2D eigenvalue weighted by molar-refractivity contribution is 0.552. The van der Waals surface area contributed by atoms with Crippen LogP contribution in [0.2, 0.25) is 0 Å². The van der Waals surface area contributed by atoms with Gasteiger partial charge in [-0.1, -0.05) is 0 Å². The molecule has 0 amide bonds. The van der Waals surface area contributed by atoms with Crippen LogP contribution in [0.3, 0.4) is 0 Å². The van der Waals surface area contributed by atoms with Gasteiger partial charge in [0, 0.05) is 11.6 Å². The van der Waals surface area contributed by atoms with Crippen LogP contribution in [0.1, 0.15) is 24.4 Å². The van der Waals surface area contributed by atoms with Crippen LogP contribution in [0.15, 0.2) is 21.4 Å². The van der Waals surface area contributed by atoms with Crippen molar-refractivity contribution in [3.05, 3.63) is 22.6 Å². The van der Waals surface area contributed by atoms with E-state index in [2.05, 4.69) is 21.2 Å². The molecule has 2 nitrogen and oxygen atoms in total. The van der Waals surface area contributed by atoms with Gasteiger partial charge in [-0.25, -0.2) is 0 Å². The molecule has 1 saturated heterocycles. The van der Waals surface area contributed by atoms with E-state index in [9.17, 15) is 0 Å². The molecule has 60 valence electrons. The van der Waals surface area contributed by atoms with E-state index in [-0.39, 0.29) is 0 Å². The number of halogens is 1. The number of hydrogen-bond donors (Lipinski definition) is 1. The molecule has 0 spiro atoms. The molecule has 0 aliphatic carbocycles. The van der Waals surface area contributed by atoms with Crippen LogP contribution in [0.4, 0.5) is 0 Å². The average molecular weight is 216 g/mol. The molecule has 1 atom stereocenters. The maximum absolute atomic E-state index is 5.07. The Morgan fingerprint density at radius 3 is 3.00 bits per heavy atom. The highest BCUT2D eigenvalue weighted by Crippen LogP contribution is 2.29. The number of furan rings is 1. The van der Waals surface area contributed by atoms with Crippen LogP contribution < -0.4 is 5.32 Å². The predicted molar refractivity (Wildman–Crippen MR) is 46.4 cm³/mol. The Morgan fingerprint density at radius 1 is 1.55 bits per heavy atom. The van der Waals surface area contributed by atoms with Gasteiger partial charge in [-0.05, 0) is 35.3 Å². The van der Waals surface area contributed by atoms with Gasteiger partial charge in [0.2, 0.25) is 0 Å². The third-order valence-electron chi connectivity index (χ3n) is 2.08. The molecule has 0 saturated carbocycles. The summed E-state index contributed by atoms with van der Waals surface area (Å²) >= 11 is 3.44. The number of rotatable bonds is 1. The minimum absolute atomic E-state index is 0.503. The number of nitrogens with one attached hydrogen (secondary N) is 1. The Kier molecular flexibility index (Phi) is 2.00. The minimum atomic E-state index is 0.503. The second-order valence-corrected chi connectivity index (χ2v) is 3.68. The normalized spacial score (nSPS) is 24.3. The Hall–Kier alpha value is -0.280. The first-order valence-corrected chi connectivity index (χ1v) is 4.62. The largest absolute Gasteiger partial charge is 0.471 e. The highest BCUT2D eigenvalue weighted by Gasteiger charge is 2.19. The Bertz CT molecular complexity index is 240. The predicted octanol–water partition coefficient (Wildman–Crippen LogP) is 2.47. The molecule has 0 aromatic carbocycles. The van der Waals surface area contributed by atoms with Gasteiger partial charge < -0.3 is 9.73 Å². The summed E-state index contributed by atoms with van der Waals surface area (Å²) in [6.07, 6.45) is 6.03. The van der Waals surface area contributed by atoms with Gasteiger partial charge in [-0.3, -0.25) is 0 Å². The van der Waals surface area contributed by atoms with Crippen molar-refractivity contribution < 1.29 is 4.42 Å². The summed E-state index contributed by atoms with van der Waals surface area (Å²) in [7, 11) is 0. The summed E-state index contributed by atoms with van der Waals surface area (Å²) in [6.45, 7) is 1.13. The van der Waals surface area contributed by atoms with Gasteiger partial charge in [-0.15, -0.1) is 0 Å². The lowest BCUT2D eigenvalue weighted by Gasteiger charge is -2.06. The molecule has 0 radical (unpaired) electrons. The lowest BCUT2D eigenvalue weighted by atomic mass is 10.1. The van der Waals surface area contributed by atoms with Crippen molar-refractivity contribution in [2.24, 2.45) is 0 Å². The monoisotopic (exact) mass is 215 g/mol. The topological polar surface area (TPSA) is 25.2 Å². The first-order valence-electron chi connectivity index (χ1n) is 3.83. The molecule has 1 aromatic rings. The van der Waals surface area contributed by atoms with E-state index < -0.39 is 0 Å². The van der Waals surface area contributed by atoms with Gasteiger partial charge in [-0.2, -0.15) is 0 Å². The van der Waals surface area contributed by atoms with E-state index >= 15 is 0 Å². The average Bonchev–Trinajstić information content (AvgIpc) is 2.55. The molecule has 1 aliphatic rings. The fourth-order valence-electron chi connectivity index (χ4n) is 1.49. The van der Waals surface area contributed by atoms with Crippen molar-refractivity contribution >= 4 is 15.9 Å². The van der Waals surface area contributed by atoms with Crippen molar-refractivity contribution in [2.75, 3.05) is 6.54 Å². The molecular formula is C8H10BrNO. The molecule has 3 heteroatoms. The number of hydrogen-bond acceptors (Lipinski definition) is 2. The summed E-state index contributed by atoms with van der Waals surface area (Å²) < 4.78 is 6.15. The second-order valence-electron chi connectivity index (χ2n) is 2.82. The van der Waals surface area contributed by atoms with Crippen LogP contribution >= 0.6 is 15.9 Å². The van der Waals surface area contributed by atoms with Crippen LogP contribution in [0.5, 0.6) is 0 Å². The summed E-state index contributed by atoms with van der Waals surface area (Å²) in [5.41, 5.74) is 1.25. The van der Waals surface area contributed by atoms with E-state index in [4.69, 9.17) is 4.42 Å². The highest BCUT2D eigenvalue weighted by molar-refractivity contribution is 9.10. The fraction of sp³-hybridized carbons (Fsp3) is 0.500. The maximum atomic E-state index is 5.07. The van der Waals surface area contributed by atoms with Gasteiger partial charge in [0.1, 0.15) is 6.26 Å². The van der Waals surface area contributed by atoms with Gasteiger partial charge >= 0.3 is 0 Å². The molecule has 2 heterocycles. The van der Waals surface area contributed by atoms with Gasteiger partial charge in [0.25, 0.3) is 0 Å². The molecule has 11 heavy (non-hydrogen) atoms. The first-order chi connectivity index (χ1) is 5.38. The second kappa shape index (κ2) is 2.99. The quantitative estimate of drug-likeness (QED) is 0.779. The molecule has 1 unspecified atom stereocenters. The molecular weight excluding hydrogens is 206 g/mol. The molecule has 1 aromatic heterocycles. The zero-order valence-corrected chi connectivity index (χ0v) is 7.73. The van der Waals surface area contributed by atoms with Crippen molar-refractivity contribution in [2.45, 2.75) is 18.9 Å². The molecule has 0 bridgehead atoms. The minimum Gasteiger partial charge on any atom is -0.471 e. The van der Waals surface area contributed by atoms with E-state index in [1.54, 1.807) is 6.26 Å². The molecule has 1 aliphatic heterocycles. The van der Waals surface area contributed by atoms with E-state index in [0.29, 0.717) is 6.04 Å². The van der Waals surface area contributed by atoms with E-state index in [1.165, 1.54) is 18.4 Å². The van der Waals surface area contributed by atoms with Crippen LogP contribution in [0.25, 0.3) is 0 Å². The standard InChI is InChI=1S/C8H10BrNO/c9-7-5-11-4-6(7)8-2-1-3-10-8/h4-5,8,10H,1-3H2. The zero-order chi connectivity index (χ0) is 7.68. The van der Waals surface area contributed by atoms with E-state index in [0.717, 1.165) is 11.0 Å². The van der Waals surface area contributed by atoms with Crippen molar-refractivity contribution in [3.8, 4) is 0 Å². The fourth-order valence-corrected chi connectivity index (χ4v) is 1.97. The Morgan fingerprint density at radius 2 is 2.45 bits per heavy atom. The molecule has 1 N–H and O–H groups in total. The van der Waals surface area contributed by atoms with Crippen molar-refractivity contribution in [3.63, 3.8) is 0 Å². The van der Waals surface area contributed by atoms with Gasteiger partial charge in [0.15, 0.2) is 0 Å². The Balaban J connectivity index is 2.21. The van der Waals surface area contributed by atoms with Crippen molar-refractivity contribution in [1.29, 1.82) is 0 Å². The third-order valence-corrected chi connectivity index (χ3v) is 2.72. The SMILES string of the molecule is Brc1cocc1C1CCCN1. The van der Waals surface area contributed by atoms with Crippen LogP contribution in [-0.2, 0) is 0 Å². The smallest absolute Gasteiger partial charge is 0.105 e. The highest BCUT2D eigenvalue weighted by atomic mass is 79.9.